The van der Waals surface area contributed by atoms with E-state index in [1.54, 1.807) is 18.2 Å². The molecule has 1 heterocycles. The second-order valence-corrected chi connectivity index (χ2v) is 6.79. The fourth-order valence-electron chi connectivity index (χ4n) is 2.48. The fourth-order valence-corrected chi connectivity index (χ4v) is 3.09. The van der Waals surface area contributed by atoms with E-state index in [-0.39, 0.29) is 17.1 Å². The van der Waals surface area contributed by atoms with Gasteiger partial charge in [0.2, 0.25) is 11.2 Å². The van der Waals surface area contributed by atoms with Crippen LogP contribution in [0.15, 0.2) is 47.0 Å². The Labute approximate surface area is 153 Å². The molecule has 1 aliphatic carbocycles. The molecular weight excluding hydrogens is 395 g/mol. The van der Waals surface area contributed by atoms with E-state index in [0.717, 1.165) is 4.48 Å². The van der Waals surface area contributed by atoms with Crippen molar-refractivity contribution in [3.8, 4) is 0 Å². The summed E-state index contributed by atoms with van der Waals surface area (Å²) in [4.78, 5) is 12.9. The van der Waals surface area contributed by atoms with Crippen LogP contribution in [0.3, 0.4) is 0 Å². The first-order valence-corrected chi connectivity index (χ1v) is 8.61. The number of halogens is 3. The maximum atomic E-state index is 12.8. The van der Waals surface area contributed by atoms with E-state index in [0.29, 0.717) is 23.0 Å². The second kappa shape index (κ2) is 7.40. The molecule has 1 aromatic carbocycles. The molecule has 0 saturated carbocycles. The zero-order valence-corrected chi connectivity index (χ0v) is 15.2. The molecule has 0 radical (unpaired) electrons. The normalized spacial score (nSPS) is 19.9. The molecule has 0 fully saturated rings. The number of aromatic nitrogens is 3. The number of allylic oxidation sites excluding steroid dienone is 4. The molecule has 124 valence electrons. The molecule has 0 aliphatic heterocycles. The third kappa shape index (κ3) is 3.99. The number of alkyl halides is 1. The SMILES string of the molecule is CC1C=CC(Br)=CC1c1nc(Cl)nc(Nc2cccc(CF)c2)n1. The number of anilines is 2. The topological polar surface area (TPSA) is 50.7 Å². The molecule has 7 heteroatoms. The van der Waals surface area contributed by atoms with Gasteiger partial charge in [0.1, 0.15) is 12.5 Å². The van der Waals surface area contributed by atoms with Gasteiger partial charge < -0.3 is 5.32 Å². The predicted octanol–water partition coefficient (Wildman–Crippen LogP) is 5.31. The van der Waals surface area contributed by atoms with Crippen molar-refractivity contribution >= 4 is 39.2 Å². The van der Waals surface area contributed by atoms with E-state index >= 15 is 0 Å². The molecule has 24 heavy (non-hydrogen) atoms. The number of hydrogen-bond donors (Lipinski definition) is 1. The summed E-state index contributed by atoms with van der Waals surface area (Å²) in [6, 6.07) is 7.02. The largest absolute Gasteiger partial charge is 0.324 e. The molecule has 2 aromatic rings. The first-order chi connectivity index (χ1) is 11.5. The predicted molar refractivity (Wildman–Crippen MR) is 97.4 cm³/mol. The fraction of sp³-hybridized carbons (Fsp3) is 0.235. The van der Waals surface area contributed by atoms with Gasteiger partial charge in [-0.25, -0.2) is 9.37 Å². The Balaban J connectivity index is 1.90. The van der Waals surface area contributed by atoms with E-state index in [4.69, 9.17) is 11.6 Å². The van der Waals surface area contributed by atoms with Gasteiger partial charge in [-0.15, -0.1) is 0 Å². The van der Waals surface area contributed by atoms with Crippen LogP contribution in [-0.4, -0.2) is 15.0 Å². The van der Waals surface area contributed by atoms with E-state index in [1.807, 2.05) is 18.2 Å². The lowest BCUT2D eigenvalue weighted by atomic mass is 9.89. The highest BCUT2D eigenvalue weighted by Crippen LogP contribution is 2.32. The van der Waals surface area contributed by atoms with Crippen molar-refractivity contribution < 1.29 is 4.39 Å². The lowest BCUT2D eigenvalue weighted by Gasteiger charge is -2.20. The number of nitrogens with one attached hydrogen (secondary N) is 1. The summed E-state index contributed by atoms with van der Waals surface area (Å²) in [5, 5.41) is 3.18. The third-order valence-corrected chi connectivity index (χ3v) is 4.42. The van der Waals surface area contributed by atoms with Crippen LogP contribution in [0.25, 0.3) is 0 Å². The van der Waals surface area contributed by atoms with Crippen molar-refractivity contribution in [3.05, 3.63) is 63.6 Å². The molecule has 2 unspecified atom stereocenters. The molecule has 3 rings (SSSR count). The standard InChI is InChI=1S/C17H15BrClFN4/c1-10-5-6-12(18)8-14(10)15-22-16(19)24-17(23-15)21-13-4-2-3-11(7-13)9-20/h2-8,10,14H,9H2,1H3,(H,21,22,23,24). The Bertz CT molecular complexity index is 809. The van der Waals surface area contributed by atoms with Crippen LogP contribution in [0.2, 0.25) is 5.28 Å². The van der Waals surface area contributed by atoms with Crippen LogP contribution < -0.4 is 5.32 Å². The first-order valence-electron chi connectivity index (χ1n) is 7.44. The van der Waals surface area contributed by atoms with Gasteiger partial charge in [-0.1, -0.05) is 53.2 Å². The zero-order chi connectivity index (χ0) is 17.1. The van der Waals surface area contributed by atoms with Gasteiger partial charge in [-0.05, 0) is 35.2 Å². The van der Waals surface area contributed by atoms with Gasteiger partial charge >= 0.3 is 0 Å². The molecule has 0 bridgehead atoms. The Hall–Kier alpha value is -1.79. The Morgan fingerprint density at radius 1 is 1.29 bits per heavy atom. The van der Waals surface area contributed by atoms with Gasteiger partial charge in [0.05, 0.1) is 0 Å². The molecule has 0 amide bonds. The molecule has 0 saturated heterocycles. The van der Waals surface area contributed by atoms with Crippen LogP contribution in [0.5, 0.6) is 0 Å². The van der Waals surface area contributed by atoms with Crippen LogP contribution in [0.4, 0.5) is 16.0 Å². The summed E-state index contributed by atoms with van der Waals surface area (Å²) >= 11 is 9.54. The maximum Gasteiger partial charge on any atom is 0.231 e. The van der Waals surface area contributed by atoms with Crippen LogP contribution in [0, 0.1) is 5.92 Å². The first kappa shape index (κ1) is 17.0. The lowest BCUT2D eigenvalue weighted by Crippen LogP contribution is -2.14. The van der Waals surface area contributed by atoms with Crippen molar-refractivity contribution in [1.29, 1.82) is 0 Å². The number of hydrogen-bond acceptors (Lipinski definition) is 4. The van der Waals surface area contributed by atoms with Crippen LogP contribution >= 0.6 is 27.5 Å². The van der Waals surface area contributed by atoms with Crippen molar-refractivity contribution in [3.63, 3.8) is 0 Å². The minimum absolute atomic E-state index is 0.00241. The van der Waals surface area contributed by atoms with E-state index in [9.17, 15) is 4.39 Å². The van der Waals surface area contributed by atoms with Crippen molar-refractivity contribution in [2.45, 2.75) is 19.5 Å². The summed E-state index contributed by atoms with van der Waals surface area (Å²) in [7, 11) is 0. The van der Waals surface area contributed by atoms with Gasteiger partial charge in [-0.2, -0.15) is 9.97 Å². The average Bonchev–Trinajstić information content (AvgIpc) is 2.56. The summed E-state index contributed by atoms with van der Waals surface area (Å²) in [5.41, 5.74) is 1.28. The van der Waals surface area contributed by atoms with E-state index in [1.165, 1.54) is 0 Å². The van der Waals surface area contributed by atoms with Crippen molar-refractivity contribution in [1.82, 2.24) is 15.0 Å². The van der Waals surface area contributed by atoms with Crippen LogP contribution in [0.1, 0.15) is 24.2 Å². The van der Waals surface area contributed by atoms with E-state index in [2.05, 4.69) is 49.2 Å². The summed E-state index contributed by atoms with van der Waals surface area (Å²) in [6.07, 6.45) is 6.14. The summed E-state index contributed by atoms with van der Waals surface area (Å²) < 4.78 is 13.8. The van der Waals surface area contributed by atoms with Gasteiger partial charge in [-0.3, -0.25) is 0 Å². The van der Waals surface area contributed by atoms with E-state index < -0.39 is 6.67 Å². The molecule has 1 aliphatic rings. The smallest absolute Gasteiger partial charge is 0.231 e. The Morgan fingerprint density at radius 2 is 2.12 bits per heavy atom. The average molecular weight is 410 g/mol. The highest BCUT2D eigenvalue weighted by molar-refractivity contribution is 9.11. The van der Waals surface area contributed by atoms with Crippen molar-refractivity contribution in [2.75, 3.05) is 5.32 Å². The van der Waals surface area contributed by atoms with Crippen molar-refractivity contribution in [2.24, 2.45) is 5.92 Å². The number of benzene rings is 1. The van der Waals surface area contributed by atoms with Gasteiger partial charge in [0, 0.05) is 16.1 Å². The van der Waals surface area contributed by atoms with Crippen LogP contribution in [-0.2, 0) is 6.67 Å². The molecule has 0 spiro atoms. The number of nitrogens with zero attached hydrogens (tertiary/aromatic N) is 3. The molecular formula is C17H15BrClFN4. The minimum atomic E-state index is -0.524. The monoisotopic (exact) mass is 408 g/mol. The quantitative estimate of drug-likeness (QED) is 0.744. The second-order valence-electron chi connectivity index (χ2n) is 5.54. The molecule has 1 N–H and O–H groups in total. The third-order valence-electron chi connectivity index (χ3n) is 3.73. The summed E-state index contributed by atoms with van der Waals surface area (Å²) in [6.45, 7) is 1.57. The molecule has 2 atom stereocenters. The Morgan fingerprint density at radius 3 is 2.92 bits per heavy atom. The number of rotatable bonds is 4. The highest BCUT2D eigenvalue weighted by atomic mass is 79.9. The molecule has 1 aromatic heterocycles. The zero-order valence-electron chi connectivity index (χ0n) is 12.9. The molecule has 4 nitrogen and oxygen atoms in total. The maximum absolute atomic E-state index is 12.8. The Kier molecular flexibility index (Phi) is 5.26. The highest BCUT2D eigenvalue weighted by Gasteiger charge is 2.22. The minimum Gasteiger partial charge on any atom is -0.324 e. The van der Waals surface area contributed by atoms with Gasteiger partial charge in [0.25, 0.3) is 0 Å². The lowest BCUT2D eigenvalue weighted by molar-refractivity contribution is 0.485. The van der Waals surface area contributed by atoms with Gasteiger partial charge in [0.15, 0.2) is 0 Å². The summed E-state index contributed by atoms with van der Waals surface area (Å²) in [5.74, 6) is 1.18.